The second-order valence-corrected chi connectivity index (χ2v) is 4.05. The highest BCUT2D eigenvalue weighted by Crippen LogP contribution is 2.28. The van der Waals surface area contributed by atoms with E-state index in [1.54, 1.807) is 30.3 Å². The maximum Gasteiger partial charge on any atom is 0.508 e. The van der Waals surface area contributed by atoms with Gasteiger partial charge in [0.25, 0.3) is 11.7 Å². The number of hydrogen-bond acceptors (Lipinski definition) is 4. The summed E-state index contributed by atoms with van der Waals surface area (Å²) in [5.41, 5.74) is 0.606. The van der Waals surface area contributed by atoms with Crippen LogP contribution < -0.4 is 4.90 Å². The van der Waals surface area contributed by atoms with Gasteiger partial charge in [-0.15, -0.1) is 0 Å². The Labute approximate surface area is 103 Å². The van der Waals surface area contributed by atoms with Crippen LogP contribution in [-0.2, 0) is 9.53 Å². The molecule has 2 N–H and O–H groups in total. The van der Waals surface area contributed by atoms with E-state index in [0.29, 0.717) is 18.7 Å². The molecule has 1 heterocycles. The summed E-state index contributed by atoms with van der Waals surface area (Å²) in [5.74, 6) is -3.03. The number of hydrogen-bond donors (Lipinski definition) is 2. The predicted molar refractivity (Wildman–Crippen MR) is 62.1 cm³/mol. The number of carbonyl (C=O) groups excluding carboxylic acids is 1. The lowest BCUT2D eigenvalue weighted by molar-refractivity contribution is -0.193. The molecule has 0 bridgehead atoms. The third-order valence-corrected chi connectivity index (χ3v) is 2.80. The van der Waals surface area contributed by atoms with Gasteiger partial charge in [0.15, 0.2) is 0 Å². The minimum absolute atomic E-state index is 0.0263. The molecular formula is C12H13NO5. The zero-order valence-corrected chi connectivity index (χ0v) is 9.57. The van der Waals surface area contributed by atoms with Crippen molar-refractivity contribution in [1.82, 2.24) is 0 Å². The quantitative estimate of drug-likeness (QED) is 0.609. The van der Waals surface area contributed by atoms with Crippen LogP contribution in [0.15, 0.2) is 30.3 Å². The molecule has 2 rings (SSSR count). The predicted octanol–water partition coefficient (Wildman–Crippen LogP) is 1.20. The van der Waals surface area contributed by atoms with Crippen molar-refractivity contribution in [2.75, 3.05) is 11.4 Å². The molecule has 1 aliphatic rings. The lowest BCUT2D eigenvalue weighted by atomic mass is 10.0. The molecule has 6 nitrogen and oxygen atoms in total. The molecule has 1 aliphatic heterocycles. The number of para-hydroxylation sites is 1. The molecule has 0 aliphatic carbocycles. The summed E-state index contributed by atoms with van der Waals surface area (Å²) in [6.07, 6.45) is -1.23. The van der Waals surface area contributed by atoms with Crippen molar-refractivity contribution in [2.45, 2.75) is 18.6 Å². The Kier molecular flexibility index (Phi) is 3.20. The zero-order chi connectivity index (χ0) is 13.2. The normalized spacial score (nSPS) is 23.8. The number of nitrogens with zero attached hydrogens (tertiary/aromatic N) is 1. The van der Waals surface area contributed by atoms with Crippen LogP contribution in [0, 0.1) is 0 Å². The van der Waals surface area contributed by atoms with E-state index in [1.165, 1.54) is 4.90 Å². The first-order chi connectivity index (χ1) is 8.53. The van der Waals surface area contributed by atoms with Crippen LogP contribution in [0.5, 0.6) is 0 Å². The fourth-order valence-corrected chi connectivity index (χ4v) is 1.99. The number of piperidine rings is 1. The number of carbonyl (C=O) groups is 2. The van der Waals surface area contributed by atoms with Crippen LogP contribution in [0.2, 0.25) is 0 Å². The summed E-state index contributed by atoms with van der Waals surface area (Å²) in [7, 11) is 0. The smallest absolute Gasteiger partial charge is 0.450 e. The highest BCUT2D eigenvalue weighted by Gasteiger charge is 2.46. The van der Waals surface area contributed by atoms with Gasteiger partial charge in [0, 0.05) is 18.7 Å². The van der Waals surface area contributed by atoms with Crippen molar-refractivity contribution in [3.63, 3.8) is 0 Å². The summed E-state index contributed by atoms with van der Waals surface area (Å²) >= 11 is 0. The van der Waals surface area contributed by atoms with E-state index in [4.69, 9.17) is 5.11 Å². The third-order valence-electron chi connectivity index (χ3n) is 2.80. The van der Waals surface area contributed by atoms with E-state index in [9.17, 15) is 14.7 Å². The molecule has 96 valence electrons. The second-order valence-electron chi connectivity index (χ2n) is 4.05. The van der Waals surface area contributed by atoms with Crippen molar-refractivity contribution in [3.05, 3.63) is 30.3 Å². The van der Waals surface area contributed by atoms with Gasteiger partial charge in [-0.3, -0.25) is 4.79 Å². The van der Waals surface area contributed by atoms with E-state index in [2.05, 4.69) is 4.74 Å². The molecule has 1 saturated heterocycles. The van der Waals surface area contributed by atoms with E-state index in [1.807, 2.05) is 0 Å². The number of carboxylic acid groups (broad SMARTS) is 1. The molecule has 0 radical (unpaired) electrons. The van der Waals surface area contributed by atoms with Crippen LogP contribution in [-0.4, -0.2) is 34.6 Å². The Bertz CT molecular complexity index is 461. The summed E-state index contributed by atoms with van der Waals surface area (Å²) in [5, 5.41) is 18.5. The molecule has 0 spiro atoms. The number of benzene rings is 1. The highest BCUT2D eigenvalue weighted by atomic mass is 16.7. The van der Waals surface area contributed by atoms with Gasteiger partial charge in [-0.1, -0.05) is 18.2 Å². The van der Waals surface area contributed by atoms with E-state index < -0.39 is 17.8 Å². The van der Waals surface area contributed by atoms with Gasteiger partial charge in [-0.05, 0) is 18.6 Å². The Hall–Kier alpha value is -2.08. The van der Waals surface area contributed by atoms with Gasteiger partial charge in [0.1, 0.15) is 0 Å². The molecule has 0 saturated carbocycles. The summed E-state index contributed by atoms with van der Waals surface area (Å²) in [4.78, 5) is 23.9. The highest BCUT2D eigenvalue weighted by molar-refractivity contribution is 5.99. The Morgan fingerprint density at radius 3 is 2.61 bits per heavy atom. The standard InChI is InChI=1S/C12H13NO5/c14-10-12(17,18-11(15)16)7-4-8-13(10)9-5-2-1-3-6-9/h1-3,5-6,17H,4,7-8H2,(H,15,16). The lowest BCUT2D eigenvalue weighted by Gasteiger charge is -2.36. The van der Waals surface area contributed by atoms with Crippen molar-refractivity contribution in [3.8, 4) is 0 Å². The van der Waals surface area contributed by atoms with Gasteiger partial charge >= 0.3 is 6.16 Å². The van der Waals surface area contributed by atoms with Crippen molar-refractivity contribution < 1.29 is 24.5 Å². The van der Waals surface area contributed by atoms with Gasteiger partial charge < -0.3 is 19.8 Å². The number of ether oxygens (including phenoxy) is 1. The van der Waals surface area contributed by atoms with Gasteiger partial charge in [0.2, 0.25) is 0 Å². The fraction of sp³-hybridized carbons (Fsp3) is 0.333. The molecule has 1 unspecified atom stereocenters. The van der Waals surface area contributed by atoms with Crippen LogP contribution in [0.3, 0.4) is 0 Å². The van der Waals surface area contributed by atoms with Crippen LogP contribution in [0.4, 0.5) is 10.5 Å². The Morgan fingerprint density at radius 1 is 1.33 bits per heavy atom. The first-order valence-electron chi connectivity index (χ1n) is 5.54. The zero-order valence-electron chi connectivity index (χ0n) is 9.57. The van der Waals surface area contributed by atoms with Gasteiger partial charge in [0.05, 0.1) is 0 Å². The minimum Gasteiger partial charge on any atom is -0.450 e. The number of aliphatic hydroxyl groups is 1. The molecule has 1 fully saturated rings. The average Bonchev–Trinajstić information content (AvgIpc) is 2.33. The van der Waals surface area contributed by atoms with Crippen molar-refractivity contribution >= 4 is 17.7 Å². The van der Waals surface area contributed by atoms with Gasteiger partial charge in [-0.2, -0.15) is 0 Å². The third kappa shape index (κ3) is 2.28. The molecule has 1 aromatic carbocycles. The summed E-state index contributed by atoms with van der Waals surface area (Å²) < 4.78 is 4.32. The number of rotatable bonds is 2. The molecule has 1 aromatic rings. The summed E-state index contributed by atoms with van der Waals surface area (Å²) in [6.45, 7) is 0.425. The molecule has 0 aromatic heterocycles. The first-order valence-corrected chi connectivity index (χ1v) is 5.54. The number of amides is 1. The molecular weight excluding hydrogens is 238 g/mol. The van der Waals surface area contributed by atoms with Crippen molar-refractivity contribution in [1.29, 1.82) is 0 Å². The Morgan fingerprint density at radius 2 is 2.00 bits per heavy atom. The maximum absolute atomic E-state index is 12.1. The Balaban J connectivity index is 2.24. The van der Waals surface area contributed by atoms with Crippen molar-refractivity contribution in [2.24, 2.45) is 0 Å². The minimum atomic E-state index is -2.28. The molecule has 18 heavy (non-hydrogen) atoms. The molecule has 6 heteroatoms. The largest absolute Gasteiger partial charge is 0.508 e. The second kappa shape index (κ2) is 4.66. The lowest BCUT2D eigenvalue weighted by Crippen LogP contribution is -2.55. The van der Waals surface area contributed by atoms with Crippen LogP contribution >= 0.6 is 0 Å². The fourth-order valence-electron chi connectivity index (χ4n) is 1.99. The van der Waals surface area contributed by atoms with Crippen LogP contribution in [0.25, 0.3) is 0 Å². The van der Waals surface area contributed by atoms with E-state index in [0.717, 1.165) is 0 Å². The molecule has 1 atom stereocenters. The molecule has 1 amide bonds. The monoisotopic (exact) mass is 251 g/mol. The SMILES string of the molecule is O=C(O)OC1(O)CCCN(c2ccccc2)C1=O. The van der Waals surface area contributed by atoms with E-state index in [-0.39, 0.29) is 6.42 Å². The van der Waals surface area contributed by atoms with Gasteiger partial charge in [-0.25, -0.2) is 4.79 Å². The number of anilines is 1. The van der Waals surface area contributed by atoms with E-state index >= 15 is 0 Å². The average molecular weight is 251 g/mol. The van der Waals surface area contributed by atoms with Crippen LogP contribution in [0.1, 0.15) is 12.8 Å². The first kappa shape index (κ1) is 12.4. The maximum atomic E-state index is 12.1. The topological polar surface area (TPSA) is 87.1 Å². The summed E-state index contributed by atoms with van der Waals surface area (Å²) in [6, 6.07) is 8.75.